The maximum Gasteiger partial charge on any atom is 0.119 e. The summed E-state index contributed by atoms with van der Waals surface area (Å²) in [5.74, 6) is 1.70. The zero-order chi connectivity index (χ0) is 21.5. The van der Waals surface area contributed by atoms with E-state index in [1.54, 1.807) is 14.2 Å². The fourth-order valence-corrected chi connectivity index (χ4v) is 3.18. The first-order valence-electron chi connectivity index (χ1n) is 9.65. The van der Waals surface area contributed by atoms with Gasteiger partial charge in [0, 0.05) is 0 Å². The van der Waals surface area contributed by atoms with E-state index in [1.165, 1.54) is 10.8 Å². The molecule has 4 aromatic rings. The quantitative estimate of drug-likeness (QED) is 0.471. The van der Waals surface area contributed by atoms with Gasteiger partial charge in [0.2, 0.25) is 0 Å². The van der Waals surface area contributed by atoms with E-state index in [4.69, 9.17) is 14.6 Å². The maximum atomic E-state index is 9.51. The van der Waals surface area contributed by atoms with Crippen LogP contribution in [0.15, 0.2) is 79.4 Å². The topological polar surface area (TPSA) is 58.9 Å². The Morgan fingerprint density at radius 2 is 1.27 bits per heavy atom. The summed E-state index contributed by atoms with van der Waals surface area (Å²) in [4.78, 5) is 0. The fourth-order valence-electron chi connectivity index (χ4n) is 3.18. The summed E-state index contributed by atoms with van der Waals surface area (Å²) >= 11 is 0. The predicted octanol–water partition coefficient (Wildman–Crippen LogP) is 5.37. The molecule has 0 spiro atoms. The molecule has 4 rings (SSSR count). The van der Waals surface area contributed by atoms with Gasteiger partial charge in [-0.3, -0.25) is 0 Å². The molecule has 0 aromatic heterocycles. The molecular weight excluding hydrogens is 376 g/mol. The van der Waals surface area contributed by atoms with Gasteiger partial charge in [0.25, 0.3) is 0 Å². The van der Waals surface area contributed by atoms with Crippen molar-refractivity contribution in [1.82, 2.24) is 0 Å². The highest BCUT2D eigenvalue weighted by atomic mass is 16.5. The molecule has 4 nitrogen and oxygen atoms in total. The van der Waals surface area contributed by atoms with Crippen molar-refractivity contribution in [3.05, 3.63) is 90.5 Å². The van der Waals surface area contributed by atoms with Gasteiger partial charge in [-0.15, -0.1) is 0 Å². The Kier molecular flexibility index (Phi) is 7.07. The van der Waals surface area contributed by atoms with Crippen molar-refractivity contribution >= 4 is 27.6 Å². The zero-order valence-electron chi connectivity index (χ0n) is 17.2. The zero-order valence-corrected chi connectivity index (χ0v) is 17.2. The van der Waals surface area contributed by atoms with Gasteiger partial charge in [0.05, 0.1) is 20.8 Å². The lowest BCUT2D eigenvalue weighted by Crippen LogP contribution is -2.01. The van der Waals surface area contributed by atoms with Crippen molar-refractivity contribution in [1.29, 1.82) is 0 Å². The molecule has 0 bridgehead atoms. The molecule has 0 aliphatic heterocycles. The van der Waals surface area contributed by atoms with E-state index >= 15 is 0 Å². The SMILES string of the molecule is C=Cc1ccc2cc(OC)ccc2c1.COc1ccc2cc(C(O)CO)ccc2c1. The summed E-state index contributed by atoms with van der Waals surface area (Å²) in [5.41, 5.74) is 1.86. The molecule has 0 saturated carbocycles. The van der Waals surface area contributed by atoms with E-state index in [2.05, 4.69) is 30.8 Å². The van der Waals surface area contributed by atoms with E-state index in [9.17, 15) is 5.11 Å². The number of fused-ring (bicyclic) bond motifs is 2. The second kappa shape index (κ2) is 9.92. The Morgan fingerprint density at radius 3 is 1.80 bits per heavy atom. The monoisotopic (exact) mass is 402 g/mol. The lowest BCUT2D eigenvalue weighted by molar-refractivity contribution is 0.0957. The standard InChI is InChI=1S/C13H14O3.C13H12O/c1-16-12-5-4-9-6-11(13(15)8-14)3-2-10(9)7-12;1-3-10-4-5-12-9-13(14-2)7-6-11(12)8-10/h2-7,13-15H,8H2,1H3;3-9H,1H2,2H3. The number of ether oxygens (including phenoxy) is 2. The first kappa shape index (κ1) is 21.4. The van der Waals surface area contributed by atoms with Crippen LogP contribution in [0.25, 0.3) is 27.6 Å². The van der Waals surface area contributed by atoms with Crippen LogP contribution in [0.1, 0.15) is 17.2 Å². The van der Waals surface area contributed by atoms with Crippen LogP contribution >= 0.6 is 0 Å². The number of aliphatic hydroxyl groups is 2. The number of benzene rings is 4. The van der Waals surface area contributed by atoms with Gasteiger partial charge in [-0.2, -0.15) is 0 Å². The van der Waals surface area contributed by atoms with Gasteiger partial charge in [-0.05, 0) is 69.1 Å². The number of aliphatic hydroxyl groups excluding tert-OH is 2. The van der Waals surface area contributed by atoms with E-state index in [-0.39, 0.29) is 6.61 Å². The van der Waals surface area contributed by atoms with Crippen LogP contribution < -0.4 is 9.47 Å². The van der Waals surface area contributed by atoms with Crippen LogP contribution in [-0.4, -0.2) is 31.0 Å². The molecule has 0 aliphatic carbocycles. The van der Waals surface area contributed by atoms with E-state index in [0.29, 0.717) is 0 Å². The van der Waals surface area contributed by atoms with E-state index < -0.39 is 6.10 Å². The fraction of sp³-hybridized carbons (Fsp3) is 0.154. The Morgan fingerprint density at radius 1 is 0.767 bits per heavy atom. The van der Waals surface area contributed by atoms with E-state index in [1.807, 2.05) is 54.6 Å². The van der Waals surface area contributed by atoms with Gasteiger partial charge in [0.1, 0.15) is 17.6 Å². The molecule has 30 heavy (non-hydrogen) atoms. The number of hydrogen-bond acceptors (Lipinski definition) is 4. The van der Waals surface area contributed by atoms with Crippen molar-refractivity contribution in [2.75, 3.05) is 20.8 Å². The molecule has 4 aromatic carbocycles. The average Bonchev–Trinajstić information content (AvgIpc) is 2.82. The third-order valence-corrected chi connectivity index (χ3v) is 4.94. The maximum absolute atomic E-state index is 9.51. The van der Waals surface area contributed by atoms with Crippen LogP contribution in [0.3, 0.4) is 0 Å². The summed E-state index contributed by atoms with van der Waals surface area (Å²) in [5, 5.41) is 22.9. The highest BCUT2D eigenvalue weighted by molar-refractivity contribution is 5.86. The highest BCUT2D eigenvalue weighted by Crippen LogP contribution is 2.24. The molecule has 4 heteroatoms. The van der Waals surface area contributed by atoms with Crippen molar-refractivity contribution in [2.24, 2.45) is 0 Å². The normalized spacial score (nSPS) is 11.5. The summed E-state index contributed by atoms with van der Waals surface area (Å²) in [6.07, 6.45) is 1.04. The van der Waals surface area contributed by atoms with Crippen LogP contribution in [-0.2, 0) is 0 Å². The second-order valence-electron chi connectivity index (χ2n) is 6.85. The first-order valence-corrected chi connectivity index (χ1v) is 9.65. The predicted molar refractivity (Wildman–Crippen MR) is 123 cm³/mol. The molecule has 0 amide bonds. The van der Waals surface area contributed by atoms with Gasteiger partial charge in [0.15, 0.2) is 0 Å². The summed E-state index contributed by atoms with van der Waals surface area (Å²) in [7, 11) is 3.31. The first-order chi connectivity index (χ1) is 14.6. The minimum Gasteiger partial charge on any atom is -0.497 e. The van der Waals surface area contributed by atoms with Crippen molar-refractivity contribution < 1.29 is 19.7 Å². The van der Waals surface area contributed by atoms with Gasteiger partial charge in [-0.25, -0.2) is 0 Å². The molecule has 0 saturated heterocycles. The Labute approximate surface area is 176 Å². The number of rotatable bonds is 5. The van der Waals surface area contributed by atoms with Crippen LogP contribution in [0.2, 0.25) is 0 Å². The average molecular weight is 402 g/mol. The minimum atomic E-state index is -0.813. The molecule has 0 fully saturated rings. The van der Waals surface area contributed by atoms with Gasteiger partial charge in [-0.1, -0.05) is 49.1 Å². The summed E-state index contributed by atoms with van der Waals surface area (Å²) in [6, 6.07) is 23.6. The van der Waals surface area contributed by atoms with E-state index in [0.717, 1.165) is 33.4 Å². The molecule has 2 N–H and O–H groups in total. The Bertz CT molecular complexity index is 1150. The Hall–Kier alpha value is -3.34. The summed E-state index contributed by atoms with van der Waals surface area (Å²) < 4.78 is 10.3. The van der Waals surface area contributed by atoms with Crippen molar-refractivity contribution in [2.45, 2.75) is 6.10 Å². The second-order valence-corrected chi connectivity index (χ2v) is 6.85. The van der Waals surface area contributed by atoms with Gasteiger partial charge < -0.3 is 19.7 Å². The molecule has 0 radical (unpaired) electrons. The molecule has 0 heterocycles. The third kappa shape index (κ3) is 4.98. The minimum absolute atomic E-state index is 0.262. The lowest BCUT2D eigenvalue weighted by atomic mass is 10.0. The van der Waals surface area contributed by atoms with Crippen LogP contribution in [0.4, 0.5) is 0 Å². The summed E-state index contributed by atoms with van der Waals surface area (Å²) in [6.45, 7) is 3.48. The molecule has 1 atom stereocenters. The third-order valence-electron chi connectivity index (χ3n) is 4.94. The molecule has 154 valence electrons. The van der Waals surface area contributed by atoms with Crippen molar-refractivity contribution in [3.63, 3.8) is 0 Å². The molecule has 0 aliphatic rings. The highest BCUT2D eigenvalue weighted by Gasteiger charge is 2.06. The van der Waals surface area contributed by atoms with Gasteiger partial charge >= 0.3 is 0 Å². The van der Waals surface area contributed by atoms with Crippen LogP contribution in [0, 0.1) is 0 Å². The van der Waals surface area contributed by atoms with Crippen molar-refractivity contribution in [3.8, 4) is 11.5 Å². The molecule has 1 unspecified atom stereocenters. The lowest BCUT2D eigenvalue weighted by Gasteiger charge is -2.09. The molecular formula is C26H26O4. The Balaban J connectivity index is 0.000000172. The smallest absolute Gasteiger partial charge is 0.119 e. The number of methoxy groups -OCH3 is 2. The largest absolute Gasteiger partial charge is 0.497 e. The van der Waals surface area contributed by atoms with Crippen LogP contribution in [0.5, 0.6) is 11.5 Å². The number of hydrogen-bond donors (Lipinski definition) is 2.